The highest BCUT2D eigenvalue weighted by atomic mass is 16.2. The number of rotatable bonds is 3. The first-order valence-corrected chi connectivity index (χ1v) is 6.58. The van der Waals surface area contributed by atoms with Gasteiger partial charge in [0.15, 0.2) is 0 Å². The molecule has 0 aliphatic carbocycles. The summed E-state index contributed by atoms with van der Waals surface area (Å²) in [6.07, 6.45) is 4.57. The van der Waals surface area contributed by atoms with E-state index in [-0.39, 0.29) is 23.8 Å². The van der Waals surface area contributed by atoms with Crippen molar-refractivity contribution < 1.29 is 9.59 Å². The molecule has 17 heavy (non-hydrogen) atoms. The Bertz CT molecular complexity index is 269. The summed E-state index contributed by atoms with van der Waals surface area (Å²) in [5, 5.41) is 2.77. The van der Waals surface area contributed by atoms with Gasteiger partial charge < -0.3 is 10.2 Å². The van der Waals surface area contributed by atoms with Gasteiger partial charge in [-0.2, -0.15) is 0 Å². The van der Waals surface area contributed by atoms with E-state index in [2.05, 4.69) is 5.32 Å². The second-order valence-corrected chi connectivity index (χ2v) is 5.16. The Morgan fingerprint density at radius 1 is 1.06 bits per heavy atom. The minimum atomic E-state index is -0.370. The molecular weight excluding hydrogens is 216 g/mol. The summed E-state index contributed by atoms with van der Waals surface area (Å²) < 4.78 is 0. The first-order valence-electron chi connectivity index (χ1n) is 6.58. The fraction of sp³-hybridized carbons (Fsp3) is 0.846. The van der Waals surface area contributed by atoms with Crippen molar-refractivity contribution in [2.24, 2.45) is 5.92 Å². The zero-order valence-corrected chi connectivity index (χ0v) is 11.2. The van der Waals surface area contributed by atoms with Gasteiger partial charge in [-0.1, -0.05) is 26.7 Å². The van der Waals surface area contributed by atoms with Crippen molar-refractivity contribution in [3.63, 3.8) is 0 Å². The molecule has 1 fully saturated rings. The molecule has 1 heterocycles. The van der Waals surface area contributed by atoms with Crippen LogP contribution in [0.4, 0.5) is 0 Å². The summed E-state index contributed by atoms with van der Waals surface area (Å²) in [6, 6.07) is -0.370. The normalized spacial score (nSPS) is 18.7. The van der Waals surface area contributed by atoms with Crippen LogP contribution in [0, 0.1) is 5.92 Å². The summed E-state index contributed by atoms with van der Waals surface area (Å²) >= 11 is 0. The van der Waals surface area contributed by atoms with E-state index in [1.807, 2.05) is 18.7 Å². The lowest BCUT2D eigenvalue weighted by atomic mass is 10.0. The van der Waals surface area contributed by atoms with Crippen LogP contribution in [-0.2, 0) is 9.59 Å². The van der Waals surface area contributed by atoms with Gasteiger partial charge in [-0.15, -0.1) is 0 Å². The van der Waals surface area contributed by atoms with Gasteiger partial charge in [-0.25, -0.2) is 0 Å². The Balaban J connectivity index is 2.65. The lowest BCUT2D eigenvalue weighted by Gasteiger charge is -2.28. The van der Waals surface area contributed by atoms with E-state index in [1.165, 1.54) is 19.8 Å². The first kappa shape index (κ1) is 14.0. The van der Waals surface area contributed by atoms with Gasteiger partial charge in [0.1, 0.15) is 6.04 Å². The number of likely N-dealkylation sites (tertiary alicyclic amines) is 1. The molecule has 1 aliphatic rings. The highest BCUT2D eigenvalue weighted by Crippen LogP contribution is 2.13. The molecule has 1 N–H and O–H groups in total. The number of carbonyl (C=O) groups excluding carboxylic acids is 2. The fourth-order valence-corrected chi connectivity index (χ4v) is 2.22. The Morgan fingerprint density at radius 3 is 2.00 bits per heavy atom. The topological polar surface area (TPSA) is 49.4 Å². The van der Waals surface area contributed by atoms with Gasteiger partial charge in [0.05, 0.1) is 0 Å². The van der Waals surface area contributed by atoms with Crippen molar-refractivity contribution in [3.05, 3.63) is 0 Å². The third-order valence-electron chi connectivity index (χ3n) is 3.21. The minimum absolute atomic E-state index is 0.0806. The van der Waals surface area contributed by atoms with Crippen molar-refractivity contribution in [1.82, 2.24) is 10.2 Å². The smallest absolute Gasteiger partial charge is 0.245 e. The van der Waals surface area contributed by atoms with E-state index in [0.717, 1.165) is 25.9 Å². The number of hydrogen-bond acceptors (Lipinski definition) is 2. The average molecular weight is 240 g/mol. The Morgan fingerprint density at radius 2 is 1.59 bits per heavy atom. The standard InChI is InChI=1S/C13H24N2O2/c1-10(2)12(14-11(3)16)13(17)15-8-6-4-5-7-9-15/h10,12H,4-9H2,1-3H3,(H,14,16)/t12-/m1/s1. The average Bonchev–Trinajstić information content (AvgIpc) is 2.52. The molecule has 0 spiro atoms. The van der Waals surface area contributed by atoms with Crippen LogP contribution in [0.15, 0.2) is 0 Å². The van der Waals surface area contributed by atoms with Crippen molar-refractivity contribution in [3.8, 4) is 0 Å². The SMILES string of the molecule is CC(=O)N[C@@H](C(=O)N1CCCCCC1)C(C)C. The van der Waals surface area contributed by atoms with Gasteiger partial charge in [-0.3, -0.25) is 9.59 Å². The second kappa shape index (κ2) is 6.62. The van der Waals surface area contributed by atoms with Crippen LogP contribution < -0.4 is 5.32 Å². The van der Waals surface area contributed by atoms with Crippen LogP contribution in [0.25, 0.3) is 0 Å². The van der Waals surface area contributed by atoms with E-state index < -0.39 is 0 Å². The summed E-state index contributed by atoms with van der Waals surface area (Å²) in [7, 11) is 0. The van der Waals surface area contributed by atoms with E-state index in [0.29, 0.717) is 0 Å². The van der Waals surface area contributed by atoms with Crippen LogP contribution in [0.5, 0.6) is 0 Å². The highest BCUT2D eigenvalue weighted by molar-refractivity contribution is 5.87. The second-order valence-electron chi connectivity index (χ2n) is 5.16. The molecule has 4 nitrogen and oxygen atoms in total. The van der Waals surface area contributed by atoms with E-state index in [1.54, 1.807) is 0 Å². The predicted octanol–water partition coefficient (Wildman–Crippen LogP) is 1.55. The van der Waals surface area contributed by atoms with Crippen LogP contribution in [0.3, 0.4) is 0 Å². The molecule has 1 atom stereocenters. The van der Waals surface area contributed by atoms with Crippen LogP contribution in [0.1, 0.15) is 46.5 Å². The van der Waals surface area contributed by atoms with Gasteiger partial charge in [-0.05, 0) is 18.8 Å². The maximum atomic E-state index is 12.3. The molecule has 0 bridgehead atoms. The largest absolute Gasteiger partial charge is 0.344 e. The van der Waals surface area contributed by atoms with E-state index in [4.69, 9.17) is 0 Å². The van der Waals surface area contributed by atoms with Gasteiger partial charge in [0, 0.05) is 20.0 Å². The van der Waals surface area contributed by atoms with Gasteiger partial charge in [0.2, 0.25) is 11.8 Å². The summed E-state index contributed by atoms with van der Waals surface area (Å²) in [5.74, 6) is 0.0821. The summed E-state index contributed by atoms with van der Waals surface area (Å²) in [4.78, 5) is 25.4. The number of amides is 2. The molecule has 98 valence electrons. The Kier molecular flexibility index (Phi) is 5.45. The molecule has 2 amide bonds. The van der Waals surface area contributed by atoms with Crippen molar-refractivity contribution in [2.75, 3.05) is 13.1 Å². The zero-order chi connectivity index (χ0) is 12.8. The molecule has 0 saturated carbocycles. The summed E-state index contributed by atoms with van der Waals surface area (Å²) in [5.41, 5.74) is 0. The van der Waals surface area contributed by atoms with Gasteiger partial charge in [0.25, 0.3) is 0 Å². The molecule has 0 aromatic carbocycles. The molecule has 0 aromatic rings. The van der Waals surface area contributed by atoms with E-state index >= 15 is 0 Å². The Labute approximate surface area is 104 Å². The predicted molar refractivity (Wildman–Crippen MR) is 67.5 cm³/mol. The van der Waals surface area contributed by atoms with Crippen molar-refractivity contribution >= 4 is 11.8 Å². The lowest BCUT2D eigenvalue weighted by molar-refractivity contribution is -0.137. The summed E-state index contributed by atoms with van der Waals surface area (Å²) in [6.45, 7) is 7.07. The van der Waals surface area contributed by atoms with Crippen LogP contribution in [0.2, 0.25) is 0 Å². The molecule has 0 radical (unpaired) electrons. The third-order valence-corrected chi connectivity index (χ3v) is 3.21. The van der Waals surface area contributed by atoms with Crippen molar-refractivity contribution in [2.45, 2.75) is 52.5 Å². The molecule has 4 heteroatoms. The fourth-order valence-electron chi connectivity index (χ4n) is 2.22. The monoisotopic (exact) mass is 240 g/mol. The van der Waals surface area contributed by atoms with Gasteiger partial charge >= 0.3 is 0 Å². The first-order chi connectivity index (χ1) is 8.02. The molecular formula is C13H24N2O2. The molecule has 0 unspecified atom stereocenters. The number of carbonyl (C=O) groups is 2. The highest BCUT2D eigenvalue weighted by Gasteiger charge is 2.27. The van der Waals surface area contributed by atoms with Crippen LogP contribution >= 0.6 is 0 Å². The molecule has 1 aliphatic heterocycles. The minimum Gasteiger partial charge on any atom is -0.344 e. The number of nitrogens with zero attached hydrogens (tertiary/aromatic N) is 1. The van der Waals surface area contributed by atoms with Crippen LogP contribution in [-0.4, -0.2) is 35.8 Å². The number of hydrogen-bond donors (Lipinski definition) is 1. The molecule has 1 rings (SSSR count). The Hall–Kier alpha value is -1.06. The maximum absolute atomic E-state index is 12.3. The molecule has 0 aromatic heterocycles. The third kappa shape index (κ3) is 4.36. The lowest BCUT2D eigenvalue weighted by Crippen LogP contribution is -2.51. The maximum Gasteiger partial charge on any atom is 0.245 e. The molecule has 1 saturated heterocycles. The van der Waals surface area contributed by atoms with Crippen molar-refractivity contribution in [1.29, 1.82) is 0 Å². The van der Waals surface area contributed by atoms with E-state index in [9.17, 15) is 9.59 Å². The zero-order valence-electron chi connectivity index (χ0n) is 11.2. The number of nitrogens with one attached hydrogen (secondary N) is 1. The quantitative estimate of drug-likeness (QED) is 0.813.